The van der Waals surface area contributed by atoms with Gasteiger partial charge in [-0.25, -0.2) is 0 Å². The molecule has 0 radical (unpaired) electrons. The molecule has 0 bridgehead atoms. The SMILES string of the molecule is CCC(C)c1cc(O)ccc1C#N.CCC(C)c1cc(O)ccc1N.CCC(C)c1cc(O)ccc1[N+]#N.CCC(C)c1cc(O)ccc1[N+](=O)[O-].Cl. The summed E-state index contributed by atoms with van der Waals surface area (Å²) in [6.07, 6.45) is 3.77. The molecule has 4 aromatic carbocycles. The maximum atomic E-state index is 10.7. The number of nitro benzene ring substituents is 1. The number of nitro groups is 1. The maximum Gasteiger partial charge on any atom is 0.388 e. The first-order chi connectivity index (χ1) is 24.6. The Bertz CT molecular complexity index is 1770. The average molecular weight is 749 g/mol. The summed E-state index contributed by atoms with van der Waals surface area (Å²) < 4.78 is 0. The van der Waals surface area contributed by atoms with E-state index in [1.54, 1.807) is 48.5 Å². The molecule has 0 saturated heterocycles. The van der Waals surface area contributed by atoms with Crippen molar-refractivity contribution in [3.63, 3.8) is 0 Å². The summed E-state index contributed by atoms with van der Waals surface area (Å²) in [4.78, 5) is 13.4. The van der Waals surface area contributed by atoms with Crippen LogP contribution in [-0.2, 0) is 0 Å². The standard InChI is InChI=1S/C11H13NO.C10H12N2O.C10H13NO3.C10H15NO.ClH/c1-3-8(2)11-6-10(13)5-4-9(11)7-12;1-3-7(2)9-6-8(13)4-5-10(9)12-11;1-3-7(2)9-6-8(12)4-5-10(9)11(13)14;1-3-7(2)9-6-8(12)4-5-10(9)11;/h4-6,8,13H,3H2,1-2H3;4-7H,3H2,1-2H3;4-7,12H,3H2,1-2H3;4-7,12H,3,11H2,1-2H3;1H/p+1. The lowest BCUT2D eigenvalue weighted by Crippen LogP contribution is -1.98. The van der Waals surface area contributed by atoms with Crippen molar-refractivity contribution in [2.75, 3.05) is 5.73 Å². The van der Waals surface area contributed by atoms with Crippen LogP contribution < -0.4 is 5.73 Å². The molecule has 53 heavy (non-hydrogen) atoms. The summed E-state index contributed by atoms with van der Waals surface area (Å²) >= 11 is 0. The molecule has 0 heterocycles. The minimum Gasteiger partial charge on any atom is -0.508 e. The van der Waals surface area contributed by atoms with E-state index >= 15 is 0 Å². The number of nitrogens with two attached hydrogens (primary N) is 1. The topological polar surface area (TPSA) is 202 Å². The molecule has 0 fully saturated rings. The third kappa shape index (κ3) is 14.9. The first kappa shape index (κ1) is 47.5. The van der Waals surface area contributed by atoms with Crippen molar-refractivity contribution >= 4 is 29.5 Å². The molecule has 0 aliphatic heterocycles. The van der Waals surface area contributed by atoms with Crippen molar-refractivity contribution in [1.82, 2.24) is 0 Å². The molecule has 4 aromatic rings. The number of nitrogens with zero attached hydrogens (tertiary/aromatic N) is 4. The number of nitriles is 1. The van der Waals surface area contributed by atoms with Gasteiger partial charge in [-0.15, -0.1) is 12.4 Å². The zero-order chi connectivity index (χ0) is 39.5. The van der Waals surface area contributed by atoms with Gasteiger partial charge in [0.25, 0.3) is 5.69 Å². The summed E-state index contributed by atoms with van der Waals surface area (Å²) in [7, 11) is 0. The summed E-state index contributed by atoms with van der Waals surface area (Å²) in [5.41, 5.74) is 11.2. The Balaban J connectivity index is 0.000000677. The Morgan fingerprint density at radius 1 is 0.660 bits per heavy atom. The zero-order valence-corrected chi connectivity index (χ0v) is 32.8. The quantitative estimate of drug-likeness (QED) is 0.0363. The number of anilines is 1. The first-order valence-corrected chi connectivity index (χ1v) is 17.5. The largest absolute Gasteiger partial charge is 0.508 e. The number of aromatic hydroxyl groups is 4. The van der Waals surface area contributed by atoms with Gasteiger partial charge in [-0.1, -0.05) is 55.4 Å². The van der Waals surface area contributed by atoms with Gasteiger partial charge >= 0.3 is 5.69 Å². The van der Waals surface area contributed by atoms with E-state index in [2.05, 4.69) is 45.7 Å². The highest BCUT2D eigenvalue weighted by Crippen LogP contribution is 2.33. The molecular formula is C41H55ClN5O6+. The van der Waals surface area contributed by atoms with Gasteiger partial charge in [0, 0.05) is 23.4 Å². The van der Waals surface area contributed by atoms with Crippen LogP contribution in [0.25, 0.3) is 4.98 Å². The number of nitrogen functional groups attached to an aromatic ring is 1. The number of diazo groups is 1. The van der Waals surface area contributed by atoms with E-state index in [1.807, 2.05) is 20.8 Å². The van der Waals surface area contributed by atoms with Crippen molar-refractivity contribution in [3.8, 4) is 29.1 Å². The Kier molecular flexibility index (Phi) is 21.4. The fourth-order valence-corrected chi connectivity index (χ4v) is 5.06. The summed E-state index contributed by atoms with van der Waals surface area (Å²) in [6.45, 7) is 16.3. The van der Waals surface area contributed by atoms with E-state index in [1.165, 1.54) is 24.3 Å². The molecule has 0 aliphatic carbocycles. The number of phenols is 4. The molecule has 11 nitrogen and oxygen atoms in total. The van der Waals surface area contributed by atoms with Crippen LogP contribution in [0.4, 0.5) is 17.1 Å². The minimum absolute atomic E-state index is 0. The Hall–Kier alpha value is -5.52. The van der Waals surface area contributed by atoms with E-state index in [4.69, 9.17) is 16.4 Å². The number of phenolic OH excluding ortho intramolecular Hbond substituents is 4. The lowest BCUT2D eigenvalue weighted by Gasteiger charge is -2.11. The van der Waals surface area contributed by atoms with Gasteiger partial charge in [0.1, 0.15) is 23.0 Å². The van der Waals surface area contributed by atoms with Crippen LogP contribution in [-0.4, -0.2) is 25.3 Å². The number of hydrogen-bond acceptors (Lipinski definition) is 9. The molecule has 4 atom stereocenters. The van der Waals surface area contributed by atoms with E-state index in [0.717, 1.165) is 48.1 Å². The zero-order valence-electron chi connectivity index (χ0n) is 31.9. The first-order valence-electron chi connectivity index (χ1n) is 17.5. The van der Waals surface area contributed by atoms with Crippen LogP contribution in [0.1, 0.15) is 133 Å². The molecule has 0 saturated carbocycles. The fraction of sp³-hybridized carbons (Fsp3) is 0.390. The van der Waals surface area contributed by atoms with Crippen LogP contribution in [0.2, 0.25) is 0 Å². The molecule has 0 amide bonds. The Labute approximate surface area is 319 Å². The average Bonchev–Trinajstić information content (AvgIpc) is 3.14. The van der Waals surface area contributed by atoms with E-state index in [0.29, 0.717) is 34.4 Å². The lowest BCUT2D eigenvalue weighted by atomic mass is 9.94. The second kappa shape index (κ2) is 23.9. The second-order valence-electron chi connectivity index (χ2n) is 12.8. The van der Waals surface area contributed by atoms with Crippen LogP contribution in [0, 0.1) is 26.8 Å². The van der Waals surface area contributed by atoms with E-state index in [9.17, 15) is 30.5 Å². The van der Waals surface area contributed by atoms with Crippen molar-refractivity contribution in [3.05, 3.63) is 116 Å². The second-order valence-corrected chi connectivity index (χ2v) is 12.8. The molecule has 0 aliphatic rings. The smallest absolute Gasteiger partial charge is 0.388 e. The van der Waals surface area contributed by atoms with Crippen LogP contribution in [0.3, 0.4) is 0 Å². The third-order valence-electron chi connectivity index (χ3n) is 9.13. The number of benzene rings is 4. The molecule has 0 spiro atoms. The highest BCUT2D eigenvalue weighted by atomic mass is 35.5. The molecule has 4 rings (SSSR count). The van der Waals surface area contributed by atoms with Crippen molar-refractivity contribution in [2.24, 2.45) is 0 Å². The lowest BCUT2D eigenvalue weighted by molar-refractivity contribution is -0.385. The Morgan fingerprint density at radius 2 is 1.04 bits per heavy atom. The molecule has 12 heteroatoms. The van der Waals surface area contributed by atoms with Gasteiger partial charge < -0.3 is 26.2 Å². The van der Waals surface area contributed by atoms with Crippen molar-refractivity contribution in [2.45, 2.75) is 105 Å². The maximum absolute atomic E-state index is 10.7. The van der Waals surface area contributed by atoms with Crippen molar-refractivity contribution in [1.29, 1.82) is 10.7 Å². The van der Waals surface area contributed by atoms with Gasteiger partial charge in [0.05, 0.1) is 22.1 Å². The summed E-state index contributed by atoms with van der Waals surface area (Å²) in [5.74, 6) is 1.92. The number of rotatable bonds is 9. The molecule has 4 unspecified atom stereocenters. The van der Waals surface area contributed by atoms with E-state index in [-0.39, 0.29) is 47.2 Å². The Morgan fingerprint density at radius 3 is 1.51 bits per heavy atom. The number of hydrogen-bond donors (Lipinski definition) is 5. The van der Waals surface area contributed by atoms with Gasteiger partial charge in [0.15, 0.2) is 4.98 Å². The number of halogens is 1. The predicted octanol–water partition coefficient (Wildman–Crippen LogP) is 11.9. The molecule has 286 valence electrons. The van der Waals surface area contributed by atoms with E-state index < -0.39 is 4.92 Å². The normalized spacial score (nSPS) is 12.1. The molecular weight excluding hydrogens is 694 g/mol. The van der Waals surface area contributed by atoms with Gasteiger partial charge in [-0.05, 0) is 121 Å². The van der Waals surface area contributed by atoms with Crippen LogP contribution >= 0.6 is 12.4 Å². The fourth-order valence-electron chi connectivity index (χ4n) is 5.06. The molecule has 0 aromatic heterocycles. The summed E-state index contributed by atoms with van der Waals surface area (Å²) in [6, 6.07) is 21.0. The van der Waals surface area contributed by atoms with Gasteiger partial charge in [-0.2, -0.15) is 5.26 Å². The minimum atomic E-state index is -0.416. The third-order valence-corrected chi connectivity index (χ3v) is 9.13. The van der Waals surface area contributed by atoms with Crippen LogP contribution in [0.15, 0.2) is 72.8 Å². The highest BCUT2D eigenvalue weighted by molar-refractivity contribution is 5.85. The van der Waals surface area contributed by atoms with Gasteiger partial charge in [0.2, 0.25) is 5.39 Å². The monoisotopic (exact) mass is 748 g/mol. The molecule has 6 N–H and O–H groups in total. The van der Waals surface area contributed by atoms with Crippen molar-refractivity contribution < 1.29 is 25.3 Å². The summed E-state index contributed by atoms with van der Waals surface area (Å²) in [5, 5.41) is 65.2. The van der Waals surface area contributed by atoms with Crippen LogP contribution in [0.5, 0.6) is 23.0 Å². The van der Waals surface area contributed by atoms with Gasteiger partial charge in [-0.3, -0.25) is 10.1 Å². The predicted molar refractivity (Wildman–Crippen MR) is 215 cm³/mol. The highest BCUT2D eigenvalue weighted by Gasteiger charge is 2.19.